The first kappa shape index (κ1) is 12.9. The molecule has 0 radical (unpaired) electrons. The third-order valence-corrected chi connectivity index (χ3v) is 3.97. The van der Waals surface area contributed by atoms with E-state index in [0.29, 0.717) is 32.5 Å². The minimum atomic E-state index is -3.39. The zero-order valence-electron chi connectivity index (χ0n) is 8.85. The average molecular weight is 238 g/mol. The standard InChI is InChI=1S/C8H18N2O4S/c1-14-7-4-9-15(12,13)10-5-2-8(11)3-6-10/h8-9,11H,2-7H2,1H3. The maximum absolute atomic E-state index is 11.6. The predicted octanol–water partition coefficient (Wildman–Crippen LogP) is -1.08. The summed E-state index contributed by atoms with van der Waals surface area (Å²) in [7, 11) is -1.87. The molecule has 1 aliphatic rings. The molecule has 1 saturated heterocycles. The monoisotopic (exact) mass is 238 g/mol. The van der Waals surface area contributed by atoms with Crippen molar-refractivity contribution in [3.05, 3.63) is 0 Å². The van der Waals surface area contributed by atoms with Crippen molar-refractivity contribution >= 4 is 10.2 Å². The molecule has 1 aliphatic heterocycles. The Morgan fingerprint density at radius 3 is 2.60 bits per heavy atom. The Balaban J connectivity index is 2.40. The van der Waals surface area contributed by atoms with Crippen LogP contribution < -0.4 is 4.72 Å². The van der Waals surface area contributed by atoms with Gasteiger partial charge in [0.1, 0.15) is 0 Å². The first-order valence-corrected chi connectivity index (χ1v) is 6.42. The summed E-state index contributed by atoms with van der Waals surface area (Å²) in [5, 5.41) is 9.24. The lowest BCUT2D eigenvalue weighted by atomic mass is 10.1. The third-order valence-electron chi connectivity index (χ3n) is 2.35. The normalized spacial score (nSPS) is 20.7. The molecule has 7 heteroatoms. The van der Waals surface area contributed by atoms with Gasteiger partial charge in [-0.15, -0.1) is 0 Å². The first-order chi connectivity index (χ1) is 7.06. The first-order valence-electron chi connectivity index (χ1n) is 4.98. The molecule has 0 saturated carbocycles. The van der Waals surface area contributed by atoms with Crippen LogP contribution in [0.25, 0.3) is 0 Å². The van der Waals surface area contributed by atoms with E-state index in [1.54, 1.807) is 0 Å². The van der Waals surface area contributed by atoms with Crippen molar-refractivity contribution in [2.75, 3.05) is 33.4 Å². The molecule has 0 aromatic carbocycles. The van der Waals surface area contributed by atoms with Gasteiger partial charge in [0, 0.05) is 26.7 Å². The molecule has 0 aromatic rings. The molecule has 1 heterocycles. The van der Waals surface area contributed by atoms with E-state index in [1.807, 2.05) is 0 Å². The summed E-state index contributed by atoms with van der Waals surface area (Å²) in [6.07, 6.45) is 0.645. The van der Waals surface area contributed by atoms with Crippen molar-refractivity contribution < 1.29 is 18.3 Å². The smallest absolute Gasteiger partial charge is 0.279 e. The zero-order valence-corrected chi connectivity index (χ0v) is 9.66. The molecular formula is C8H18N2O4S. The highest BCUT2D eigenvalue weighted by Crippen LogP contribution is 2.12. The molecule has 6 nitrogen and oxygen atoms in total. The number of nitrogens with one attached hydrogen (secondary N) is 1. The van der Waals surface area contributed by atoms with Gasteiger partial charge in [0.25, 0.3) is 10.2 Å². The number of hydrogen-bond donors (Lipinski definition) is 2. The lowest BCUT2D eigenvalue weighted by Crippen LogP contribution is -2.46. The molecule has 90 valence electrons. The molecule has 15 heavy (non-hydrogen) atoms. The largest absolute Gasteiger partial charge is 0.393 e. The number of piperidine rings is 1. The highest BCUT2D eigenvalue weighted by Gasteiger charge is 2.26. The van der Waals surface area contributed by atoms with Crippen molar-refractivity contribution in [1.29, 1.82) is 0 Å². The predicted molar refractivity (Wildman–Crippen MR) is 55.6 cm³/mol. The minimum Gasteiger partial charge on any atom is -0.393 e. The van der Waals surface area contributed by atoms with Crippen LogP contribution >= 0.6 is 0 Å². The zero-order chi connectivity index (χ0) is 11.3. The number of rotatable bonds is 5. The molecule has 0 spiro atoms. The molecule has 2 N–H and O–H groups in total. The van der Waals surface area contributed by atoms with Gasteiger partial charge >= 0.3 is 0 Å². The number of nitrogens with zero attached hydrogens (tertiary/aromatic N) is 1. The van der Waals surface area contributed by atoms with Gasteiger partial charge in [-0.05, 0) is 12.8 Å². The number of hydrogen-bond acceptors (Lipinski definition) is 4. The van der Waals surface area contributed by atoms with Crippen LogP contribution in [-0.4, -0.2) is 57.3 Å². The van der Waals surface area contributed by atoms with Crippen molar-refractivity contribution in [3.8, 4) is 0 Å². The Kier molecular flexibility index (Phi) is 4.94. The fourth-order valence-corrected chi connectivity index (χ4v) is 2.66. The lowest BCUT2D eigenvalue weighted by molar-refractivity contribution is 0.112. The van der Waals surface area contributed by atoms with Gasteiger partial charge in [-0.1, -0.05) is 0 Å². The fraction of sp³-hybridized carbons (Fsp3) is 1.00. The van der Waals surface area contributed by atoms with Crippen molar-refractivity contribution in [2.24, 2.45) is 0 Å². The second-order valence-electron chi connectivity index (χ2n) is 3.52. The Labute approximate surface area is 90.4 Å². The van der Waals surface area contributed by atoms with Crippen LogP contribution in [0.2, 0.25) is 0 Å². The van der Waals surface area contributed by atoms with Crippen LogP contribution in [0.3, 0.4) is 0 Å². The lowest BCUT2D eigenvalue weighted by Gasteiger charge is -2.28. The topological polar surface area (TPSA) is 78.9 Å². The summed E-state index contributed by atoms with van der Waals surface area (Å²) in [4.78, 5) is 0. The summed E-state index contributed by atoms with van der Waals surface area (Å²) in [5.74, 6) is 0. The third kappa shape index (κ3) is 4.04. The van der Waals surface area contributed by atoms with E-state index in [0.717, 1.165) is 0 Å². The molecule has 0 bridgehead atoms. The van der Waals surface area contributed by atoms with Gasteiger partial charge in [-0.3, -0.25) is 0 Å². The second kappa shape index (κ2) is 5.76. The maximum Gasteiger partial charge on any atom is 0.279 e. The Morgan fingerprint density at radius 2 is 2.07 bits per heavy atom. The van der Waals surface area contributed by atoms with Gasteiger partial charge in [-0.2, -0.15) is 17.4 Å². The molecule has 0 unspecified atom stereocenters. The molecular weight excluding hydrogens is 220 g/mol. The molecule has 0 aromatic heterocycles. The Bertz CT molecular complexity index is 272. The summed E-state index contributed by atoms with van der Waals surface area (Å²) < 4.78 is 31.8. The van der Waals surface area contributed by atoms with Gasteiger partial charge < -0.3 is 9.84 Å². The SMILES string of the molecule is COCCNS(=O)(=O)N1CCC(O)CC1. The Hall–Kier alpha value is -0.210. The van der Waals surface area contributed by atoms with E-state index in [2.05, 4.69) is 4.72 Å². The molecule has 1 fully saturated rings. The van der Waals surface area contributed by atoms with Crippen LogP contribution in [0, 0.1) is 0 Å². The van der Waals surface area contributed by atoms with E-state index in [9.17, 15) is 13.5 Å². The van der Waals surface area contributed by atoms with Crippen LogP contribution in [-0.2, 0) is 14.9 Å². The molecule has 0 amide bonds. The number of aliphatic hydroxyl groups is 1. The highest BCUT2D eigenvalue weighted by atomic mass is 32.2. The van der Waals surface area contributed by atoms with E-state index < -0.39 is 10.2 Å². The van der Waals surface area contributed by atoms with Crippen molar-refractivity contribution in [1.82, 2.24) is 9.03 Å². The molecule has 0 aliphatic carbocycles. The summed E-state index contributed by atoms with van der Waals surface area (Å²) in [5.41, 5.74) is 0. The Morgan fingerprint density at radius 1 is 1.47 bits per heavy atom. The number of methoxy groups -OCH3 is 1. The van der Waals surface area contributed by atoms with Crippen LogP contribution in [0.15, 0.2) is 0 Å². The molecule has 0 atom stereocenters. The van der Waals surface area contributed by atoms with Gasteiger partial charge in [0.2, 0.25) is 0 Å². The maximum atomic E-state index is 11.6. The number of ether oxygens (including phenoxy) is 1. The van der Waals surface area contributed by atoms with Gasteiger partial charge in [-0.25, -0.2) is 0 Å². The summed E-state index contributed by atoms with van der Waals surface area (Å²) >= 11 is 0. The minimum absolute atomic E-state index is 0.276. The van der Waals surface area contributed by atoms with Crippen LogP contribution in [0.5, 0.6) is 0 Å². The highest BCUT2D eigenvalue weighted by molar-refractivity contribution is 7.87. The summed E-state index contributed by atoms with van der Waals surface area (Å²) in [6, 6.07) is 0. The molecule has 1 rings (SSSR count). The van der Waals surface area contributed by atoms with E-state index in [4.69, 9.17) is 4.74 Å². The second-order valence-corrected chi connectivity index (χ2v) is 5.28. The van der Waals surface area contributed by atoms with Crippen molar-refractivity contribution in [2.45, 2.75) is 18.9 Å². The summed E-state index contributed by atoms with van der Waals surface area (Å²) in [6.45, 7) is 1.39. The fourth-order valence-electron chi connectivity index (χ4n) is 1.45. The van der Waals surface area contributed by atoms with Gasteiger partial charge in [0.15, 0.2) is 0 Å². The van der Waals surface area contributed by atoms with E-state index >= 15 is 0 Å². The van der Waals surface area contributed by atoms with Gasteiger partial charge in [0.05, 0.1) is 12.7 Å². The number of aliphatic hydroxyl groups excluding tert-OH is 1. The average Bonchev–Trinajstić information content (AvgIpc) is 2.18. The quantitative estimate of drug-likeness (QED) is 0.597. The van der Waals surface area contributed by atoms with Crippen molar-refractivity contribution in [3.63, 3.8) is 0 Å². The van der Waals surface area contributed by atoms with E-state index in [-0.39, 0.29) is 12.6 Å². The van der Waals surface area contributed by atoms with E-state index in [1.165, 1.54) is 11.4 Å². The van der Waals surface area contributed by atoms with Crippen LogP contribution in [0.4, 0.5) is 0 Å². The van der Waals surface area contributed by atoms with Crippen LogP contribution in [0.1, 0.15) is 12.8 Å².